The summed E-state index contributed by atoms with van der Waals surface area (Å²) in [4.78, 5) is 24.3. The van der Waals surface area contributed by atoms with Gasteiger partial charge in [-0.3, -0.25) is 9.59 Å². The van der Waals surface area contributed by atoms with Crippen LogP contribution in [0.2, 0.25) is 0 Å². The maximum Gasteiger partial charge on any atom is 0.265 e. The molecule has 7 nitrogen and oxygen atoms in total. The summed E-state index contributed by atoms with van der Waals surface area (Å²) in [5, 5.41) is 5.66. The number of halogens is 1. The zero-order valence-electron chi connectivity index (χ0n) is 14.6. The first-order valence-corrected chi connectivity index (χ1v) is 9.48. The molecule has 0 radical (unpaired) electrons. The van der Waals surface area contributed by atoms with E-state index < -0.39 is 6.10 Å². The molecule has 3 atom stereocenters. The number of carbonyl (C=O) groups excluding carboxylic acids is 2. The molecule has 2 amide bonds. The third kappa shape index (κ3) is 3.83. The highest BCUT2D eigenvalue weighted by atomic mass is 79.9. The van der Waals surface area contributed by atoms with E-state index in [2.05, 4.69) is 37.4 Å². The van der Waals surface area contributed by atoms with Crippen LogP contribution >= 0.6 is 15.9 Å². The fourth-order valence-corrected chi connectivity index (χ4v) is 3.42. The largest absolute Gasteiger partial charge is 0.479 e. The van der Waals surface area contributed by atoms with Crippen molar-refractivity contribution < 1.29 is 14.3 Å². The first-order valence-electron chi connectivity index (χ1n) is 8.68. The Kier molecular flexibility index (Phi) is 4.86. The number of carbonyl (C=O) groups is 2. The Bertz CT molecular complexity index is 887. The van der Waals surface area contributed by atoms with Gasteiger partial charge in [-0.25, -0.2) is 10.9 Å². The molecule has 4 N–H and O–H groups in total. The molecule has 4 rings (SSSR count). The first-order chi connectivity index (χ1) is 13.0. The lowest BCUT2D eigenvalue weighted by Crippen LogP contribution is -2.39. The lowest BCUT2D eigenvalue weighted by Gasteiger charge is -2.23. The maximum atomic E-state index is 12.6. The number of anilines is 2. The van der Waals surface area contributed by atoms with Gasteiger partial charge in [0.15, 0.2) is 6.10 Å². The van der Waals surface area contributed by atoms with E-state index in [1.54, 1.807) is 25.1 Å². The summed E-state index contributed by atoms with van der Waals surface area (Å²) < 4.78 is 6.54. The molecular formula is C19H19BrN4O3. The Labute approximate surface area is 165 Å². The third-order valence-corrected chi connectivity index (χ3v) is 5.20. The minimum atomic E-state index is -0.526. The van der Waals surface area contributed by atoms with Crippen LogP contribution in [0.5, 0.6) is 5.75 Å². The van der Waals surface area contributed by atoms with Crippen molar-refractivity contribution >= 4 is 39.1 Å². The highest BCUT2D eigenvalue weighted by molar-refractivity contribution is 9.10. The number of hydrogen-bond acceptors (Lipinski definition) is 5. The van der Waals surface area contributed by atoms with Crippen LogP contribution in [-0.2, 0) is 9.59 Å². The highest BCUT2D eigenvalue weighted by Gasteiger charge is 2.30. The van der Waals surface area contributed by atoms with Gasteiger partial charge in [-0.1, -0.05) is 28.1 Å². The lowest BCUT2D eigenvalue weighted by molar-refractivity contribution is -0.122. The van der Waals surface area contributed by atoms with Gasteiger partial charge in [0, 0.05) is 16.2 Å². The molecular weight excluding hydrogens is 412 g/mol. The van der Waals surface area contributed by atoms with Crippen molar-refractivity contribution in [1.29, 1.82) is 0 Å². The predicted molar refractivity (Wildman–Crippen MR) is 105 cm³/mol. The first kappa shape index (κ1) is 18.0. The van der Waals surface area contributed by atoms with E-state index in [0.717, 1.165) is 10.0 Å². The fourth-order valence-electron chi connectivity index (χ4n) is 3.16. The molecule has 3 unspecified atom stereocenters. The van der Waals surface area contributed by atoms with Crippen molar-refractivity contribution in [2.45, 2.75) is 31.5 Å². The van der Waals surface area contributed by atoms with Gasteiger partial charge in [-0.05, 0) is 49.2 Å². The van der Waals surface area contributed by atoms with Crippen LogP contribution in [0.4, 0.5) is 11.4 Å². The molecule has 1 fully saturated rings. The Balaban J connectivity index is 1.40. The topological polar surface area (TPSA) is 91.5 Å². The summed E-state index contributed by atoms with van der Waals surface area (Å²) in [6, 6.07) is 12.9. The quantitative estimate of drug-likeness (QED) is 0.600. The van der Waals surface area contributed by atoms with Gasteiger partial charge in [-0.15, -0.1) is 0 Å². The number of nitrogens with one attached hydrogen (secondary N) is 4. The SMILES string of the molecule is CC1Oc2ccc(NC(=O)C3CC(c4ccc(Br)cc4)NN3)cc2NC1=O. The Morgan fingerprint density at radius 1 is 1.19 bits per heavy atom. The van der Waals surface area contributed by atoms with Crippen LogP contribution in [0.3, 0.4) is 0 Å². The second kappa shape index (κ2) is 7.30. The molecule has 0 aromatic heterocycles. The van der Waals surface area contributed by atoms with E-state index in [0.29, 0.717) is 23.5 Å². The van der Waals surface area contributed by atoms with Gasteiger partial charge in [0.2, 0.25) is 5.91 Å². The third-order valence-electron chi connectivity index (χ3n) is 4.67. The summed E-state index contributed by atoms with van der Waals surface area (Å²) in [5.41, 5.74) is 8.49. The van der Waals surface area contributed by atoms with Gasteiger partial charge >= 0.3 is 0 Å². The van der Waals surface area contributed by atoms with Crippen molar-refractivity contribution in [3.63, 3.8) is 0 Å². The zero-order chi connectivity index (χ0) is 19.0. The van der Waals surface area contributed by atoms with Crippen LogP contribution < -0.4 is 26.2 Å². The normalized spacial score (nSPS) is 23.9. The summed E-state index contributed by atoms with van der Waals surface area (Å²) in [6.07, 6.45) is 0.109. The molecule has 2 aliphatic rings. The molecule has 1 saturated heterocycles. The average Bonchev–Trinajstić information content (AvgIpc) is 3.14. The second-order valence-corrected chi connectivity index (χ2v) is 7.55. The van der Waals surface area contributed by atoms with Crippen molar-refractivity contribution in [2.75, 3.05) is 10.6 Å². The standard InChI is InChI=1S/C19H19BrN4O3/c1-10-18(25)22-15-8-13(6-7-17(15)27-10)21-19(26)16-9-14(23-24-16)11-2-4-12(20)5-3-11/h2-8,10,14,16,23-24H,9H2,1H3,(H,21,26)(H,22,25). The van der Waals surface area contributed by atoms with E-state index in [-0.39, 0.29) is 23.9 Å². The molecule has 0 bridgehead atoms. The number of fused-ring (bicyclic) bond motifs is 1. The van der Waals surface area contributed by atoms with E-state index in [1.165, 1.54) is 0 Å². The molecule has 0 spiro atoms. The summed E-state index contributed by atoms with van der Waals surface area (Å²) in [6.45, 7) is 1.69. The molecule has 2 aliphatic heterocycles. The fraction of sp³-hybridized carbons (Fsp3) is 0.263. The van der Waals surface area contributed by atoms with E-state index >= 15 is 0 Å². The van der Waals surface area contributed by atoms with Crippen LogP contribution in [0.1, 0.15) is 24.9 Å². The van der Waals surface area contributed by atoms with Crippen molar-refractivity contribution in [3.8, 4) is 5.75 Å². The summed E-state index contributed by atoms with van der Waals surface area (Å²) in [7, 11) is 0. The monoisotopic (exact) mass is 430 g/mol. The lowest BCUT2D eigenvalue weighted by atomic mass is 10.0. The van der Waals surface area contributed by atoms with Crippen LogP contribution in [0.15, 0.2) is 46.9 Å². The Hall–Kier alpha value is -2.42. The molecule has 2 aromatic carbocycles. The zero-order valence-corrected chi connectivity index (χ0v) is 16.2. The minimum Gasteiger partial charge on any atom is -0.479 e. The number of ether oxygens (including phenoxy) is 1. The molecule has 2 heterocycles. The summed E-state index contributed by atoms with van der Waals surface area (Å²) >= 11 is 3.42. The van der Waals surface area contributed by atoms with Gasteiger partial charge < -0.3 is 15.4 Å². The smallest absolute Gasteiger partial charge is 0.265 e. The number of benzene rings is 2. The van der Waals surface area contributed by atoms with Crippen molar-refractivity contribution in [1.82, 2.24) is 10.9 Å². The molecule has 140 valence electrons. The molecule has 0 saturated carbocycles. The number of hydrazine groups is 1. The Morgan fingerprint density at radius 2 is 1.96 bits per heavy atom. The van der Waals surface area contributed by atoms with Gasteiger partial charge in [-0.2, -0.15) is 0 Å². The van der Waals surface area contributed by atoms with Crippen LogP contribution in [-0.4, -0.2) is 24.0 Å². The maximum absolute atomic E-state index is 12.6. The Morgan fingerprint density at radius 3 is 2.74 bits per heavy atom. The van der Waals surface area contributed by atoms with Crippen molar-refractivity contribution in [2.24, 2.45) is 0 Å². The van der Waals surface area contributed by atoms with E-state index in [9.17, 15) is 9.59 Å². The van der Waals surface area contributed by atoms with E-state index in [1.807, 2.05) is 24.3 Å². The van der Waals surface area contributed by atoms with E-state index in [4.69, 9.17) is 4.74 Å². The molecule has 2 aromatic rings. The van der Waals surface area contributed by atoms with Gasteiger partial charge in [0.25, 0.3) is 5.91 Å². The highest BCUT2D eigenvalue weighted by Crippen LogP contribution is 2.32. The van der Waals surface area contributed by atoms with Gasteiger partial charge in [0.1, 0.15) is 11.8 Å². The molecule has 8 heteroatoms. The predicted octanol–water partition coefficient (Wildman–Crippen LogP) is 2.71. The average molecular weight is 431 g/mol. The number of rotatable bonds is 3. The second-order valence-electron chi connectivity index (χ2n) is 6.63. The summed E-state index contributed by atoms with van der Waals surface area (Å²) in [5.74, 6) is 0.250. The molecule has 27 heavy (non-hydrogen) atoms. The number of hydrogen-bond donors (Lipinski definition) is 4. The molecule has 0 aliphatic carbocycles. The number of amides is 2. The van der Waals surface area contributed by atoms with Gasteiger partial charge in [0.05, 0.1) is 5.69 Å². The minimum absolute atomic E-state index is 0.0616. The van der Waals surface area contributed by atoms with Crippen molar-refractivity contribution in [3.05, 3.63) is 52.5 Å². The van der Waals surface area contributed by atoms with Crippen LogP contribution in [0, 0.1) is 0 Å². The van der Waals surface area contributed by atoms with Crippen LogP contribution in [0.25, 0.3) is 0 Å².